The van der Waals surface area contributed by atoms with Gasteiger partial charge in [-0.25, -0.2) is 4.39 Å². The minimum absolute atomic E-state index is 0.364. The lowest BCUT2D eigenvalue weighted by Crippen LogP contribution is -2.11. The Hall–Kier alpha value is -3.65. The number of halogens is 1. The largest absolute Gasteiger partial charge is 0.366 e. The lowest BCUT2D eigenvalue weighted by atomic mass is 10.1. The van der Waals surface area contributed by atoms with Crippen LogP contribution in [0.3, 0.4) is 0 Å². The van der Waals surface area contributed by atoms with Gasteiger partial charge in [0.05, 0.1) is 17.1 Å². The summed E-state index contributed by atoms with van der Waals surface area (Å²) in [5, 5.41) is 10.4. The Labute approximate surface area is 148 Å². The van der Waals surface area contributed by atoms with E-state index in [-0.39, 0.29) is 5.82 Å². The van der Waals surface area contributed by atoms with Crippen LogP contribution < -0.4 is 5.73 Å². The summed E-state index contributed by atoms with van der Waals surface area (Å²) < 4.78 is 15.9. The molecular weight excluding hydrogens is 329 g/mol. The van der Waals surface area contributed by atoms with E-state index in [9.17, 15) is 9.18 Å². The predicted molar refractivity (Wildman–Crippen MR) is 98.2 cm³/mol. The van der Waals surface area contributed by atoms with Gasteiger partial charge in [0.15, 0.2) is 0 Å². The van der Waals surface area contributed by atoms with Crippen LogP contribution in [0.25, 0.3) is 21.8 Å². The van der Waals surface area contributed by atoms with Crippen molar-refractivity contribution in [1.82, 2.24) is 4.57 Å². The number of aromatic nitrogens is 1. The topological polar surface area (TPSA) is 71.8 Å². The molecule has 0 aliphatic carbocycles. The highest BCUT2D eigenvalue weighted by Crippen LogP contribution is 2.32. The summed E-state index contributed by atoms with van der Waals surface area (Å²) >= 11 is 0. The summed E-state index contributed by atoms with van der Waals surface area (Å²) in [7, 11) is 0. The van der Waals surface area contributed by atoms with E-state index in [4.69, 9.17) is 11.0 Å². The molecule has 0 unspecified atom stereocenters. The fourth-order valence-corrected chi connectivity index (χ4v) is 3.42. The first-order valence-corrected chi connectivity index (χ1v) is 8.08. The number of benzene rings is 3. The van der Waals surface area contributed by atoms with Crippen LogP contribution in [-0.4, -0.2) is 10.5 Å². The van der Waals surface area contributed by atoms with Gasteiger partial charge >= 0.3 is 0 Å². The zero-order valence-corrected chi connectivity index (χ0v) is 13.7. The van der Waals surface area contributed by atoms with Crippen LogP contribution >= 0.6 is 0 Å². The maximum absolute atomic E-state index is 13.9. The number of rotatable bonds is 3. The SMILES string of the molecule is N#Cc1cccc(Cn2c3ccc(F)cc3c3c(C(N)=O)cccc32)c1. The molecule has 2 N–H and O–H groups in total. The van der Waals surface area contributed by atoms with Gasteiger partial charge < -0.3 is 10.3 Å². The minimum atomic E-state index is -0.551. The maximum atomic E-state index is 13.9. The Bertz CT molecular complexity index is 1220. The summed E-state index contributed by atoms with van der Waals surface area (Å²) in [6, 6.07) is 19.3. The molecule has 5 heteroatoms. The Morgan fingerprint density at radius 3 is 2.65 bits per heavy atom. The molecule has 1 aromatic heterocycles. The fraction of sp³-hybridized carbons (Fsp3) is 0.0476. The maximum Gasteiger partial charge on any atom is 0.249 e. The van der Waals surface area contributed by atoms with E-state index in [0.29, 0.717) is 28.4 Å². The van der Waals surface area contributed by atoms with E-state index in [2.05, 4.69) is 6.07 Å². The van der Waals surface area contributed by atoms with Gasteiger partial charge in [-0.15, -0.1) is 0 Å². The summed E-state index contributed by atoms with van der Waals surface area (Å²) in [6.45, 7) is 0.489. The van der Waals surface area contributed by atoms with Crippen molar-refractivity contribution in [2.24, 2.45) is 5.73 Å². The van der Waals surface area contributed by atoms with Gasteiger partial charge in [-0.1, -0.05) is 18.2 Å². The van der Waals surface area contributed by atoms with Crippen LogP contribution in [0.1, 0.15) is 21.5 Å². The van der Waals surface area contributed by atoms with E-state index in [1.54, 1.807) is 24.3 Å². The molecule has 0 saturated heterocycles. The number of amides is 1. The van der Waals surface area contributed by atoms with Gasteiger partial charge in [-0.3, -0.25) is 4.79 Å². The van der Waals surface area contributed by atoms with Gasteiger partial charge in [0, 0.05) is 28.4 Å². The molecule has 4 rings (SSSR count). The molecule has 0 aliphatic rings. The average molecular weight is 343 g/mol. The fourth-order valence-electron chi connectivity index (χ4n) is 3.42. The molecule has 0 radical (unpaired) electrons. The Morgan fingerprint density at radius 1 is 1.08 bits per heavy atom. The number of primary amides is 1. The average Bonchev–Trinajstić information content (AvgIpc) is 2.95. The first-order valence-electron chi connectivity index (χ1n) is 8.08. The number of nitrogens with two attached hydrogens (primary N) is 1. The molecule has 0 atom stereocenters. The van der Waals surface area contributed by atoms with Crippen LogP contribution in [-0.2, 0) is 6.54 Å². The molecule has 0 saturated carbocycles. The predicted octanol–water partition coefficient (Wildman–Crippen LogP) is 3.95. The smallest absolute Gasteiger partial charge is 0.249 e. The van der Waals surface area contributed by atoms with E-state index >= 15 is 0 Å². The number of carbonyl (C=O) groups is 1. The number of nitrogens with zero attached hydrogens (tertiary/aromatic N) is 2. The van der Waals surface area contributed by atoms with Crippen molar-refractivity contribution in [2.45, 2.75) is 6.54 Å². The Morgan fingerprint density at radius 2 is 1.88 bits per heavy atom. The second-order valence-corrected chi connectivity index (χ2v) is 6.12. The standard InChI is InChI=1S/C21H14FN3O/c22-15-7-8-18-17(10-15)20-16(21(24)26)5-2-6-19(20)25(18)12-14-4-1-3-13(9-14)11-23/h1-10H,12H2,(H2,24,26). The highest BCUT2D eigenvalue weighted by Gasteiger charge is 2.17. The molecule has 0 spiro atoms. The van der Waals surface area contributed by atoms with Crippen molar-refractivity contribution < 1.29 is 9.18 Å². The van der Waals surface area contributed by atoms with Gasteiger partial charge in [-0.05, 0) is 48.0 Å². The third-order valence-corrected chi connectivity index (χ3v) is 4.51. The van der Waals surface area contributed by atoms with Crippen molar-refractivity contribution >= 4 is 27.7 Å². The highest BCUT2D eigenvalue weighted by atomic mass is 19.1. The molecule has 26 heavy (non-hydrogen) atoms. The zero-order valence-electron chi connectivity index (χ0n) is 13.7. The number of fused-ring (bicyclic) bond motifs is 3. The van der Waals surface area contributed by atoms with Gasteiger partial charge in [0.2, 0.25) is 5.91 Å². The quantitative estimate of drug-likeness (QED) is 0.612. The van der Waals surface area contributed by atoms with Gasteiger partial charge in [-0.2, -0.15) is 5.26 Å². The van der Waals surface area contributed by atoms with Crippen molar-refractivity contribution in [3.05, 3.63) is 83.2 Å². The lowest BCUT2D eigenvalue weighted by Gasteiger charge is -2.08. The van der Waals surface area contributed by atoms with Crippen LogP contribution in [0.5, 0.6) is 0 Å². The first-order chi connectivity index (χ1) is 12.6. The van der Waals surface area contributed by atoms with E-state index in [1.165, 1.54) is 12.1 Å². The van der Waals surface area contributed by atoms with E-state index in [0.717, 1.165) is 16.6 Å². The number of hydrogen-bond acceptors (Lipinski definition) is 2. The second-order valence-electron chi connectivity index (χ2n) is 6.12. The van der Waals surface area contributed by atoms with E-state index < -0.39 is 5.91 Å². The first kappa shape index (κ1) is 15.9. The summed E-state index contributed by atoms with van der Waals surface area (Å²) in [5.41, 5.74) is 9.01. The van der Waals surface area contributed by atoms with Crippen LogP contribution in [0.4, 0.5) is 4.39 Å². The normalized spacial score (nSPS) is 10.9. The monoisotopic (exact) mass is 343 g/mol. The third-order valence-electron chi connectivity index (χ3n) is 4.51. The molecule has 1 amide bonds. The van der Waals surface area contributed by atoms with Gasteiger partial charge in [0.25, 0.3) is 0 Å². The zero-order chi connectivity index (χ0) is 18.3. The molecule has 0 aliphatic heterocycles. The lowest BCUT2D eigenvalue weighted by molar-refractivity contribution is 0.100. The molecule has 4 nitrogen and oxygen atoms in total. The van der Waals surface area contributed by atoms with E-state index in [1.807, 2.05) is 28.8 Å². The molecule has 1 heterocycles. The number of nitriles is 1. The van der Waals surface area contributed by atoms with Crippen LogP contribution in [0, 0.1) is 17.1 Å². The summed E-state index contributed by atoms with van der Waals surface area (Å²) in [5.74, 6) is -0.923. The van der Waals surface area contributed by atoms with Crippen molar-refractivity contribution in [1.29, 1.82) is 5.26 Å². The Kier molecular flexibility index (Phi) is 3.67. The van der Waals surface area contributed by atoms with Gasteiger partial charge in [0.1, 0.15) is 5.82 Å². The summed E-state index contributed by atoms with van der Waals surface area (Å²) in [6.07, 6.45) is 0. The third kappa shape index (κ3) is 2.49. The van der Waals surface area contributed by atoms with Crippen LogP contribution in [0.2, 0.25) is 0 Å². The van der Waals surface area contributed by atoms with Crippen molar-refractivity contribution in [2.75, 3.05) is 0 Å². The minimum Gasteiger partial charge on any atom is -0.366 e. The number of carbonyl (C=O) groups excluding carboxylic acids is 1. The Balaban J connectivity index is 2.03. The molecular formula is C21H14FN3O. The molecule has 0 bridgehead atoms. The summed E-state index contributed by atoms with van der Waals surface area (Å²) in [4.78, 5) is 11.9. The highest BCUT2D eigenvalue weighted by molar-refractivity contribution is 6.17. The number of hydrogen-bond donors (Lipinski definition) is 1. The van der Waals surface area contributed by atoms with Crippen molar-refractivity contribution in [3.8, 4) is 6.07 Å². The van der Waals surface area contributed by atoms with Crippen molar-refractivity contribution in [3.63, 3.8) is 0 Å². The second kappa shape index (κ2) is 6.01. The van der Waals surface area contributed by atoms with Crippen LogP contribution in [0.15, 0.2) is 60.7 Å². The molecule has 3 aromatic carbocycles. The molecule has 126 valence electrons. The molecule has 0 fully saturated rings. The molecule has 4 aromatic rings.